The van der Waals surface area contributed by atoms with Crippen LogP contribution in [0.2, 0.25) is 0 Å². The molecule has 0 fully saturated rings. The third-order valence-electron chi connectivity index (χ3n) is 4.61. The quantitative estimate of drug-likeness (QED) is 0.723. The highest BCUT2D eigenvalue weighted by Gasteiger charge is 2.26. The Morgan fingerprint density at radius 3 is 2.59 bits per heavy atom. The molecule has 2 amide bonds. The van der Waals surface area contributed by atoms with Crippen molar-refractivity contribution in [1.29, 1.82) is 0 Å². The van der Waals surface area contributed by atoms with E-state index < -0.39 is 0 Å². The molecule has 1 aliphatic heterocycles. The Bertz CT molecular complexity index is 891. The number of alkyl halides is 1. The molecule has 0 spiro atoms. The number of amides is 2. The van der Waals surface area contributed by atoms with Crippen molar-refractivity contribution in [3.63, 3.8) is 0 Å². The van der Waals surface area contributed by atoms with Gasteiger partial charge in [0.25, 0.3) is 5.91 Å². The molecule has 1 heterocycles. The van der Waals surface area contributed by atoms with Gasteiger partial charge >= 0.3 is 0 Å². The number of fused-ring (bicyclic) bond motifs is 1. The van der Waals surface area contributed by atoms with Gasteiger partial charge in [-0.25, -0.2) is 0 Å². The largest absolute Gasteiger partial charge is 0.492 e. The predicted octanol–water partition coefficient (Wildman–Crippen LogP) is 3.97. The molecule has 0 aromatic heterocycles. The lowest BCUT2D eigenvalue weighted by Crippen LogP contribution is -2.41. The zero-order chi connectivity index (χ0) is 21.0. The zero-order valence-corrected chi connectivity index (χ0v) is 17.6. The maximum atomic E-state index is 12.4. The minimum Gasteiger partial charge on any atom is -0.492 e. The summed E-state index contributed by atoms with van der Waals surface area (Å²) in [5, 5.41) is 2.68. The number of hydrogen-bond donors (Lipinski definition) is 1. The van der Waals surface area contributed by atoms with Gasteiger partial charge in [-0.15, -0.1) is 11.6 Å². The van der Waals surface area contributed by atoms with Gasteiger partial charge in [-0.3, -0.25) is 9.59 Å². The lowest BCUT2D eigenvalue weighted by Gasteiger charge is -2.29. The normalized spacial score (nSPS) is 13.5. The van der Waals surface area contributed by atoms with Gasteiger partial charge in [0.2, 0.25) is 5.91 Å². The standard InChI is InChI=1S/C22H25ClN2O4/c1-22(2,3)15-4-7-17(8-5-15)28-11-10-25-18-12-16(24-20(26)13-23)6-9-19(18)29-14-21(25)27/h4-9,12H,10-11,13-14H2,1-3H3,(H,24,26). The Labute approximate surface area is 175 Å². The SMILES string of the molecule is CC(C)(C)c1ccc(OCCN2C(=O)COc3ccc(NC(=O)CCl)cc32)cc1. The average Bonchev–Trinajstić information content (AvgIpc) is 2.69. The van der Waals surface area contributed by atoms with Crippen LogP contribution in [0.5, 0.6) is 11.5 Å². The molecule has 0 aliphatic carbocycles. The Kier molecular flexibility index (Phi) is 6.33. The molecule has 2 aromatic carbocycles. The molecule has 29 heavy (non-hydrogen) atoms. The van der Waals surface area contributed by atoms with Gasteiger partial charge in [0.15, 0.2) is 6.61 Å². The minimum atomic E-state index is -0.316. The van der Waals surface area contributed by atoms with Crippen LogP contribution in [0.3, 0.4) is 0 Å². The topological polar surface area (TPSA) is 67.9 Å². The van der Waals surface area contributed by atoms with E-state index in [9.17, 15) is 9.59 Å². The van der Waals surface area contributed by atoms with Gasteiger partial charge in [-0.05, 0) is 41.3 Å². The number of anilines is 2. The van der Waals surface area contributed by atoms with E-state index in [2.05, 4.69) is 38.2 Å². The van der Waals surface area contributed by atoms with Crippen molar-refractivity contribution in [2.75, 3.05) is 35.9 Å². The summed E-state index contributed by atoms with van der Waals surface area (Å²) in [4.78, 5) is 25.5. The molecular weight excluding hydrogens is 392 g/mol. The number of halogens is 1. The van der Waals surface area contributed by atoms with E-state index in [0.717, 1.165) is 5.75 Å². The van der Waals surface area contributed by atoms with Gasteiger partial charge in [-0.2, -0.15) is 0 Å². The van der Waals surface area contributed by atoms with Gasteiger partial charge < -0.3 is 19.7 Å². The second-order valence-electron chi connectivity index (χ2n) is 7.82. The molecule has 0 saturated heterocycles. The van der Waals surface area contributed by atoms with E-state index in [-0.39, 0.29) is 29.7 Å². The Morgan fingerprint density at radius 1 is 1.21 bits per heavy atom. The highest BCUT2D eigenvalue weighted by atomic mass is 35.5. The van der Waals surface area contributed by atoms with Crippen LogP contribution in [0.1, 0.15) is 26.3 Å². The minimum absolute atomic E-state index is 0.0271. The maximum Gasteiger partial charge on any atom is 0.265 e. The van der Waals surface area contributed by atoms with E-state index in [1.54, 1.807) is 23.1 Å². The Hall–Kier alpha value is -2.73. The summed E-state index contributed by atoms with van der Waals surface area (Å²) in [6.07, 6.45) is 0. The van der Waals surface area contributed by atoms with E-state index in [0.29, 0.717) is 30.3 Å². The number of nitrogens with one attached hydrogen (secondary N) is 1. The summed E-state index contributed by atoms with van der Waals surface area (Å²) in [6.45, 7) is 7.15. The Balaban J connectivity index is 1.67. The maximum absolute atomic E-state index is 12.4. The second kappa shape index (κ2) is 8.74. The summed E-state index contributed by atoms with van der Waals surface area (Å²) in [5.74, 6) is 0.719. The summed E-state index contributed by atoms with van der Waals surface area (Å²) in [6, 6.07) is 13.1. The number of nitrogens with zero attached hydrogens (tertiary/aromatic N) is 1. The van der Waals surface area contributed by atoms with Crippen molar-refractivity contribution in [2.24, 2.45) is 0 Å². The first-order valence-corrected chi connectivity index (χ1v) is 9.98. The number of benzene rings is 2. The van der Waals surface area contributed by atoms with Crippen LogP contribution in [0, 0.1) is 0 Å². The fraction of sp³-hybridized carbons (Fsp3) is 0.364. The van der Waals surface area contributed by atoms with Crippen molar-refractivity contribution < 1.29 is 19.1 Å². The van der Waals surface area contributed by atoms with Gasteiger partial charge in [0.05, 0.1) is 12.2 Å². The van der Waals surface area contributed by atoms with Gasteiger partial charge in [0.1, 0.15) is 24.0 Å². The molecule has 154 valence electrons. The van der Waals surface area contributed by atoms with Gasteiger partial charge in [0, 0.05) is 5.69 Å². The number of carbonyl (C=O) groups is 2. The van der Waals surface area contributed by atoms with Crippen molar-refractivity contribution in [1.82, 2.24) is 0 Å². The highest BCUT2D eigenvalue weighted by Crippen LogP contribution is 2.34. The summed E-state index contributed by atoms with van der Waals surface area (Å²) in [7, 11) is 0. The van der Waals surface area contributed by atoms with Crippen LogP contribution in [0.15, 0.2) is 42.5 Å². The fourth-order valence-corrected chi connectivity index (χ4v) is 3.09. The second-order valence-corrected chi connectivity index (χ2v) is 8.09. The summed E-state index contributed by atoms with van der Waals surface area (Å²) < 4.78 is 11.3. The summed E-state index contributed by atoms with van der Waals surface area (Å²) in [5.41, 5.74) is 2.46. The van der Waals surface area contributed by atoms with E-state index in [1.165, 1.54) is 5.56 Å². The van der Waals surface area contributed by atoms with E-state index in [1.807, 2.05) is 12.1 Å². The van der Waals surface area contributed by atoms with Crippen molar-refractivity contribution >= 4 is 34.8 Å². The molecule has 2 aromatic rings. The number of ether oxygens (including phenoxy) is 2. The molecule has 0 radical (unpaired) electrons. The average molecular weight is 417 g/mol. The van der Waals surface area contributed by atoms with Crippen LogP contribution in [0.4, 0.5) is 11.4 Å². The van der Waals surface area contributed by atoms with Crippen LogP contribution in [-0.4, -0.2) is 37.5 Å². The van der Waals surface area contributed by atoms with Crippen LogP contribution >= 0.6 is 11.6 Å². The van der Waals surface area contributed by atoms with Crippen LogP contribution < -0.4 is 19.7 Å². The Morgan fingerprint density at radius 2 is 1.93 bits per heavy atom. The first-order chi connectivity index (χ1) is 13.8. The molecule has 0 unspecified atom stereocenters. The van der Waals surface area contributed by atoms with Crippen LogP contribution in [0.25, 0.3) is 0 Å². The monoisotopic (exact) mass is 416 g/mol. The lowest BCUT2D eigenvalue weighted by atomic mass is 9.87. The molecule has 0 bridgehead atoms. The van der Waals surface area contributed by atoms with E-state index >= 15 is 0 Å². The fourth-order valence-electron chi connectivity index (χ4n) is 3.03. The zero-order valence-electron chi connectivity index (χ0n) is 16.8. The molecular formula is C22H25ClN2O4. The first-order valence-electron chi connectivity index (χ1n) is 9.44. The van der Waals surface area contributed by atoms with E-state index in [4.69, 9.17) is 21.1 Å². The lowest BCUT2D eigenvalue weighted by molar-refractivity contribution is -0.121. The number of rotatable bonds is 6. The molecule has 0 atom stereocenters. The third kappa shape index (κ3) is 5.21. The van der Waals surface area contributed by atoms with Crippen molar-refractivity contribution in [2.45, 2.75) is 26.2 Å². The predicted molar refractivity (Wildman–Crippen MR) is 114 cm³/mol. The number of hydrogen-bond acceptors (Lipinski definition) is 4. The smallest absolute Gasteiger partial charge is 0.265 e. The van der Waals surface area contributed by atoms with Gasteiger partial charge in [-0.1, -0.05) is 32.9 Å². The van der Waals surface area contributed by atoms with Crippen molar-refractivity contribution in [3.05, 3.63) is 48.0 Å². The molecule has 1 N–H and O–H groups in total. The summed E-state index contributed by atoms with van der Waals surface area (Å²) >= 11 is 5.54. The first kappa shape index (κ1) is 21.0. The highest BCUT2D eigenvalue weighted by molar-refractivity contribution is 6.29. The van der Waals surface area contributed by atoms with Crippen LogP contribution in [-0.2, 0) is 15.0 Å². The van der Waals surface area contributed by atoms with Crippen molar-refractivity contribution in [3.8, 4) is 11.5 Å². The molecule has 3 rings (SSSR count). The molecule has 0 saturated carbocycles. The third-order valence-corrected chi connectivity index (χ3v) is 4.85. The molecule has 6 nitrogen and oxygen atoms in total. The molecule has 1 aliphatic rings. The molecule has 7 heteroatoms. The number of carbonyl (C=O) groups excluding carboxylic acids is 2.